The Hall–Kier alpha value is -1.02. The molecule has 0 bridgehead atoms. The number of hydrogen-bond donors (Lipinski definition) is 2. The summed E-state index contributed by atoms with van der Waals surface area (Å²) in [6, 6.07) is 2.15. The van der Waals surface area contributed by atoms with Crippen molar-refractivity contribution >= 4 is 0 Å². The van der Waals surface area contributed by atoms with E-state index in [1.54, 1.807) is 0 Å². The minimum absolute atomic E-state index is 0.965. The predicted molar refractivity (Wildman–Crippen MR) is 45.3 cm³/mol. The summed E-state index contributed by atoms with van der Waals surface area (Å²) in [5.41, 5.74) is 2.74. The van der Waals surface area contributed by atoms with Gasteiger partial charge in [0.25, 0.3) is 0 Å². The monoisotopic (exact) mass is 148 g/mol. The van der Waals surface area contributed by atoms with Crippen LogP contribution in [0.3, 0.4) is 0 Å². The van der Waals surface area contributed by atoms with Crippen LogP contribution in [0.2, 0.25) is 0 Å². The second-order valence-electron chi connectivity index (χ2n) is 2.79. The fourth-order valence-corrected chi connectivity index (χ4v) is 1.37. The molecule has 1 aliphatic heterocycles. The van der Waals surface area contributed by atoms with Gasteiger partial charge in [0.1, 0.15) is 0 Å². The predicted octanol–water partition coefficient (Wildman–Crippen LogP) is 1.22. The SMILES string of the molecule is C1=C\Cc2cc[nH]c2CNC/1. The maximum atomic E-state index is 3.31. The van der Waals surface area contributed by atoms with Crippen LogP contribution >= 0.6 is 0 Å². The van der Waals surface area contributed by atoms with Gasteiger partial charge in [0.15, 0.2) is 0 Å². The second-order valence-corrected chi connectivity index (χ2v) is 2.79. The molecule has 0 aromatic carbocycles. The Morgan fingerprint density at radius 3 is 3.27 bits per heavy atom. The number of rotatable bonds is 0. The molecule has 58 valence electrons. The molecule has 2 heterocycles. The van der Waals surface area contributed by atoms with Gasteiger partial charge >= 0.3 is 0 Å². The molecule has 0 spiro atoms. The van der Waals surface area contributed by atoms with Crippen molar-refractivity contribution in [2.45, 2.75) is 13.0 Å². The Bertz CT molecular complexity index is 260. The molecular formula is C9H12N2. The molecule has 1 aromatic rings. The Morgan fingerprint density at radius 1 is 1.27 bits per heavy atom. The summed E-state index contributed by atoms with van der Waals surface area (Å²) < 4.78 is 0. The van der Waals surface area contributed by atoms with Crippen LogP contribution in [0.1, 0.15) is 11.3 Å². The van der Waals surface area contributed by atoms with Gasteiger partial charge in [0, 0.05) is 25.0 Å². The molecular weight excluding hydrogens is 136 g/mol. The number of allylic oxidation sites excluding steroid dienone is 1. The zero-order valence-corrected chi connectivity index (χ0v) is 6.43. The average Bonchev–Trinajstić information content (AvgIpc) is 2.35. The fraction of sp³-hybridized carbons (Fsp3) is 0.333. The molecule has 0 aliphatic carbocycles. The fourth-order valence-electron chi connectivity index (χ4n) is 1.37. The van der Waals surface area contributed by atoms with Crippen LogP contribution < -0.4 is 5.32 Å². The number of nitrogens with one attached hydrogen (secondary N) is 2. The molecule has 2 rings (SSSR count). The first kappa shape index (κ1) is 6.68. The molecule has 0 unspecified atom stereocenters. The Morgan fingerprint density at radius 2 is 2.27 bits per heavy atom. The number of H-pyrrole nitrogens is 1. The summed E-state index contributed by atoms with van der Waals surface area (Å²) in [7, 11) is 0. The smallest absolute Gasteiger partial charge is 0.0362 e. The van der Waals surface area contributed by atoms with Gasteiger partial charge in [-0.2, -0.15) is 0 Å². The molecule has 2 nitrogen and oxygen atoms in total. The topological polar surface area (TPSA) is 27.8 Å². The lowest BCUT2D eigenvalue weighted by Crippen LogP contribution is -2.15. The minimum Gasteiger partial charge on any atom is -0.364 e. The van der Waals surface area contributed by atoms with E-state index in [1.807, 2.05) is 6.20 Å². The van der Waals surface area contributed by atoms with Gasteiger partial charge in [-0.05, 0) is 18.1 Å². The van der Waals surface area contributed by atoms with E-state index in [1.165, 1.54) is 11.3 Å². The first-order valence-corrected chi connectivity index (χ1v) is 3.97. The van der Waals surface area contributed by atoms with Gasteiger partial charge in [-0.3, -0.25) is 0 Å². The Kier molecular flexibility index (Phi) is 1.78. The van der Waals surface area contributed by atoms with Crippen molar-refractivity contribution in [3.63, 3.8) is 0 Å². The van der Waals surface area contributed by atoms with Gasteiger partial charge in [-0.15, -0.1) is 0 Å². The summed E-state index contributed by atoms with van der Waals surface area (Å²) in [5, 5.41) is 3.31. The third-order valence-electron chi connectivity index (χ3n) is 2.00. The highest BCUT2D eigenvalue weighted by Gasteiger charge is 2.02. The lowest BCUT2D eigenvalue weighted by atomic mass is 10.1. The van der Waals surface area contributed by atoms with E-state index in [9.17, 15) is 0 Å². The van der Waals surface area contributed by atoms with E-state index < -0.39 is 0 Å². The highest BCUT2D eigenvalue weighted by Crippen LogP contribution is 2.08. The normalized spacial score (nSPS) is 20.0. The van der Waals surface area contributed by atoms with Crippen LogP contribution in [0.15, 0.2) is 24.4 Å². The van der Waals surface area contributed by atoms with Crippen molar-refractivity contribution in [3.8, 4) is 0 Å². The third-order valence-corrected chi connectivity index (χ3v) is 2.00. The largest absolute Gasteiger partial charge is 0.364 e. The Balaban J connectivity index is 2.27. The number of fused-ring (bicyclic) bond motifs is 1. The van der Waals surface area contributed by atoms with E-state index >= 15 is 0 Å². The molecule has 0 radical (unpaired) electrons. The van der Waals surface area contributed by atoms with E-state index in [-0.39, 0.29) is 0 Å². The number of hydrogen-bond acceptors (Lipinski definition) is 1. The van der Waals surface area contributed by atoms with Crippen LogP contribution in [-0.4, -0.2) is 11.5 Å². The summed E-state index contributed by atoms with van der Waals surface area (Å²) in [6.07, 6.45) is 7.46. The maximum absolute atomic E-state index is 3.31. The van der Waals surface area contributed by atoms with E-state index in [2.05, 4.69) is 28.5 Å². The third kappa shape index (κ3) is 1.35. The zero-order valence-electron chi connectivity index (χ0n) is 6.43. The van der Waals surface area contributed by atoms with Crippen LogP contribution in [0.4, 0.5) is 0 Å². The molecule has 0 atom stereocenters. The number of aromatic amines is 1. The summed E-state index contributed by atoms with van der Waals surface area (Å²) >= 11 is 0. The zero-order chi connectivity index (χ0) is 7.52. The molecule has 0 saturated heterocycles. The molecule has 0 amide bonds. The van der Waals surface area contributed by atoms with Crippen LogP contribution in [0, 0.1) is 0 Å². The minimum atomic E-state index is 0.965. The number of aromatic nitrogens is 1. The quantitative estimate of drug-likeness (QED) is 0.532. The average molecular weight is 148 g/mol. The van der Waals surface area contributed by atoms with Crippen molar-refractivity contribution in [2.24, 2.45) is 0 Å². The van der Waals surface area contributed by atoms with Gasteiger partial charge in [-0.25, -0.2) is 0 Å². The van der Waals surface area contributed by atoms with Gasteiger partial charge < -0.3 is 10.3 Å². The van der Waals surface area contributed by atoms with Crippen molar-refractivity contribution < 1.29 is 0 Å². The first-order valence-electron chi connectivity index (χ1n) is 3.97. The van der Waals surface area contributed by atoms with E-state index in [0.29, 0.717) is 0 Å². The molecule has 1 aromatic heterocycles. The molecule has 0 saturated carbocycles. The van der Waals surface area contributed by atoms with Crippen molar-refractivity contribution in [2.75, 3.05) is 6.54 Å². The summed E-state index contributed by atoms with van der Waals surface area (Å²) in [4.78, 5) is 3.23. The molecule has 11 heavy (non-hydrogen) atoms. The molecule has 0 fully saturated rings. The summed E-state index contributed by atoms with van der Waals surface area (Å²) in [5.74, 6) is 0. The molecule has 2 N–H and O–H groups in total. The standard InChI is InChI=1S/C9H12N2/c1-2-5-10-7-9-8(3-1)4-6-11-9/h1-2,4,6,10-11H,3,5,7H2/b2-1-. The van der Waals surface area contributed by atoms with Crippen molar-refractivity contribution in [1.29, 1.82) is 0 Å². The molecule has 2 heteroatoms. The van der Waals surface area contributed by atoms with E-state index in [0.717, 1.165) is 19.5 Å². The van der Waals surface area contributed by atoms with Crippen LogP contribution in [-0.2, 0) is 13.0 Å². The summed E-state index contributed by atoms with van der Waals surface area (Å²) in [6.45, 7) is 1.95. The lowest BCUT2D eigenvalue weighted by Gasteiger charge is -2.05. The highest BCUT2D eigenvalue weighted by molar-refractivity contribution is 5.24. The van der Waals surface area contributed by atoms with Crippen LogP contribution in [0.25, 0.3) is 0 Å². The van der Waals surface area contributed by atoms with Crippen LogP contribution in [0.5, 0.6) is 0 Å². The lowest BCUT2D eigenvalue weighted by molar-refractivity contribution is 0.731. The van der Waals surface area contributed by atoms with Gasteiger partial charge in [0.2, 0.25) is 0 Å². The highest BCUT2D eigenvalue weighted by atomic mass is 14.9. The van der Waals surface area contributed by atoms with Gasteiger partial charge in [0.05, 0.1) is 0 Å². The molecule has 1 aliphatic rings. The van der Waals surface area contributed by atoms with Crippen molar-refractivity contribution in [1.82, 2.24) is 10.3 Å². The Labute approximate surface area is 66.3 Å². The van der Waals surface area contributed by atoms with E-state index in [4.69, 9.17) is 0 Å². The maximum Gasteiger partial charge on any atom is 0.0362 e. The van der Waals surface area contributed by atoms with Gasteiger partial charge in [-0.1, -0.05) is 12.2 Å². The van der Waals surface area contributed by atoms with Crippen molar-refractivity contribution in [3.05, 3.63) is 35.7 Å². The first-order chi connectivity index (χ1) is 5.47. The second kappa shape index (κ2) is 2.93.